The van der Waals surface area contributed by atoms with Gasteiger partial charge in [0.15, 0.2) is 0 Å². The van der Waals surface area contributed by atoms with E-state index in [1.54, 1.807) is 12.4 Å². The van der Waals surface area contributed by atoms with Gasteiger partial charge < -0.3 is 20.0 Å². The van der Waals surface area contributed by atoms with E-state index in [9.17, 15) is 4.79 Å². The van der Waals surface area contributed by atoms with Crippen molar-refractivity contribution in [3.8, 4) is 0 Å². The number of hydrogen-bond donors (Lipinski definition) is 1. The largest absolute Gasteiger partial charge is 0.372 e. The molecular weight excluding hydrogens is 352 g/mol. The molecule has 0 bridgehead atoms. The molecule has 0 spiro atoms. The molecule has 4 rings (SSSR count). The first-order chi connectivity index (χ1) is 13.7. The van der Waals surface area contributed by atoms with Gasteiger partial charge in [-0.05, 0) is 43.7 Å². The van der Waals surface area contributed by atoms with Gasteiger partial charge in [0.05, 0.1) is 5.56 Å². The molecule has 7 nitrogen and oxygen atoms in total. The fourth-order valence-corrected chi connectivity index (χ4v) is 3.81. The maximum atomic E-state index is 12.6. The van der Waals surface area contributed by atoms with Crippen LogP contribution in [0.25, 0.3) is 0 Å². The van der Waals surface area contributed by atoms with Gasteiger partial charge in [0.2, 0.25) is 5.95 Å². The third-order valence-electron chi connectivity index (χ3n) is 5.60. The van der Waals surface area contributed by atoms with E-state index in [1.165, 1.54) is 18.5 Å². The minimum absolute atomic E-state index is 0.0114. The SMILES string of the molecule is CCN1CCN(C(=O)c2cnc(Nc3ccc(N4CCCC4)cc3)nc2)CC1. The number of hydrogen-bond acceptors (Lipinski definition) is 6. The summed E-state index contributed by atoms with van der Waals surface area (Å²) in [6, 6.07) is 8.34. The van der Waals surface area contributed by atoms with Crippen LogP contribution in [-0.2, 0) is 0 Å². The summed E-state index contributed by atoms with van der Waals surface area (Å²) in [5, 5.41) is 3.21. The maximum absolute atomic E-state index is 12.6. The van der Waals surface area contributed by atoms with Gasteiger partial charge in [-0.15, -0.1) is 0 Å². The van der Waals surface area contributed by atoms with E-state index in [0.29, 0.717) is 11.5 Å². The molecule has 0 atom stereocenters. The van der Waals surface area contributed by atoms with E-state index in [4.69, 9.17) is 0 Å². The van der Waals surface area contributed by atoms with Gasteiger partial charge in [-0.3, -0.25) is 4.79 Å². The van der Waals surface area contributed by atoms with Gasteiger partial charge in [-0.25, -0.2) is 9.97 Å². The second kappa shape index (κ2) is 8.56. The lowest BCUT2D eigenvalue weighted by Crippen LogP contribution is -2.48. The zero-order valence-corrected chi connectivity index (χ0v) is 16.5. The Morgan fingerprint density at radius 2 is 1.61 bits per heavy atom. The van der Waals surface area contributed by atoms with Crippen molar-refractivity contribution >= 4 is 23.2 Å². The number of carbonyl (C=O) groups is 1. The molecular formula is C21H28N6O. The highest BCUT2D eigenvalue weighted by atomic mass is 16.2. The van der Waals surface area contributed by atoms with Crippen LogP contribution in [0.4, 0.5) is 17.3 Å². The summed E-state index contributed by atoms with van der Waals surface area (Å²) in [4.78, 5) is 27.9. The molecule has 1 aromatic carbocycles. The lowest BCUT2D eigenvalue weighted by Gasteiger charge is -2.33. The number of nitrogens with one attached hydrogen (secondary N) is 1. The standard InChI is InChI=1S/C21H28N6O/c1-2-25-11-13-27(14-12-25)20(28)17-15-22-21(23-16-17)24-18-5-7-19(8-6-18)26-9-3-4-10-26/h5-8,15-16H,2-4,9-14H2,1H3,(H,22,23,24). The van der Waals surface area contributed by atoms with Gasteiger partial charge >= 0.3 is 0 Å². The van der Waals surface area contributed by atoms with Crippen LogP contribution in [0.15, 0.2) is 36.7 Å². The predicted octanol–water partition coefficient (Wildman–Crippen LogP) is 2.60. The summed E-state index contributed by atoms with van der Waals surface area (Å²) < 4.78 is 0. The monoisotopic (exact) mass is 380 g/mol. The highest BCUT2D eigenvalue weighted by Crippen LogP contribution is 2.23. The predicted molar refractivity (Wildman–Crippen MR) is 111 cm³/mol. The summed E-state index contributed by atoms with van der Waals surface area (Å²) in [7, 11) is 0. The quantitative estimate of drug-likeness (QED) is 0.860. The van der Waals surface area contributed by atoms with E-state index >= 15 is 0 Å². The number of nitrogens with zero attached hydrogens (tertiary/aromatic N) is 5. The average molecular weight is 380 g/mol. The molecule has 1 N–H and O–H groups in total. The van der Waals surface area contributed by atoms with Crippen LogP contribution in [0.2, 0.25) is 0 Å². The third kappa shape index (κ3) is 4.25. The zero-order valence-electron chi connectivity index (χ0n) is 16.5. The Bertz CT molecular complexity index is 778. The van der Waals surface area contributed by atoms with Crippen molar-refractivity contribution in [2.24, 2.45) is 0 Å². The van der Waals surface area contributed by atoms with E-state index in [-0.39, 0.29) is 5.91 Å². The van der Waals surface area contributed by atoms with Crippen molar-refractivity contribution in [2.75, 3.05) is 56.0 Å². The molecule has 0 unspecified atom stereocenters. The van der Waals surface area contributed by atoms with Crippen LogP contribution < -0.4 is 10.2 Å². The maximum Gasteiger partial charge on any atom is 0.257 e. The van der Waals surface area contributed by atoms with Crippen LogP contribution in [0.5, 0.6) is 0 Å². The van der Waals surface area contributed by atoms with Crippen LogP contribution in [0.1, 0.15) is 30.1 Å². The Labute approximate surface area is 166 Å². The average Bonchev–Trinajstić information content (AvgIpc) is 3.29. The number of piperazine rings is 1. The highest BCUT2D eigenvalue weighted by molar-refractivity contribution is 5.93. The van der Waals surface area contributed by atoms with Crippen LogP contribution in [0.3, 0.4) is 0 Å². The normalized spacial score (nSPS) is 17.8. The molecule has 7 heteroatoms. The van der Waals surface area contributed by atoms with E-state index in [1.807, 2.05) is 17.0 Å². The number of amides is 1. The lowest BCUT2D eigenvalue weighted by atomic mass is 10.2. The number of aromatic nitrogens is 2. The van der Waals surface area contributed by atoms with Gasteiger partial charge in [-0.2, -0.15) is 0 Å². The van der Waals surface area contributed by atoms with Crippen molar-refractivity contribution in [3.63, 3.8) is 0 Å². The second-order valence-electron chi connectivity index (χ2n) is 7.39. The molecule has 2 aliphatic rings. The van der Waals surface area contributed by atoms with E-state index < -0.39 is 0 Å². The summed E-state index contributed by atoms with van der Waals surface area (Å²) in [5.41, 5.74) is 2.74. The number of anilines is 3. The van der Waals surface area contributed by atoms with Crippen LogP contribution in [-0.4, -0.2) is 71.5 Å². The number of benzene rings is 1. The Morgan fingerprint density at radius 3 is 2.21 bits per heavy atom. The van der Waals surface area contributed by atoms with Gasteiger partial charge in [0.1, 0.15) is 0 Å². The van der Waals surface area contributed by atoms with E-state index in [2.05, 4.69) is 44.1 Å². The van der Waals surface area contributed by atoms with Gasteiger partial charge in [0.25, 0.3) is 5.91 Å². The second-order valence-corrected chi connectivity index (χ2v) is 7.39. The van der Waals surface area contributed by atoms with Gasteiger partial charge in [0, 0.05) is 63.0 Å². The topological polar surface area (TPSA) is 64.6 Å². The molecule has 2 fully saturated rings. The molecule has 28 heavy (non-hydrogen) atoms. The fourth-order valence-electron chi connectivity index (χ4n) is 3.81. The molecule has 2 aromatic rings. The molecule has 1 aromatic heterocycles. The highest BCUT2D eigenvalue weighted by Gasteiger charge is 2.21. The molecule has 3 heterocycles. The lowest BCUT2D eigenvalue weighted by molar-refractivity contribution is 0.0642. The Kier molecular flexibility index (Phi) is 5.71. The third-order valence-corrected chi connectivity index (χ3v) is 5.60. The molecule has 0 saturated carbocycles. The van der Waals surface area contributed by atoms with Crippen molar-refractivity contribution in [1.82, 2.24) is 19.8 Å². The van der Waals surface area contributed by atoms with Crippen molar-refractivity contribution < 1.29 is 4.79 Å². The smallest absolute Gasteiger partial charge is 0.257 e. The molecule has 2 saturated heterocycles. The van der Waals surface area contributed by atoms with Gasteiger partial charge in [-0.1, -0.05) is 6.92 Å². The van der Waals surface area contributed by atoms with Crippen LogP contribution >= 0.6 is 0 Å². The fraction of sp³-hybridized carbons (Fsp3) is 0.476. The number of rotatable bonds is 5. The van der Waals surface area contributed by atoms with Crippen molar-refractivity contribution in [1.29, 1.82) is 0 Å². The minimum atomic E-state index is 0.0114. The first-order valence-electron chi connectivity index (χ1n) is 10.2. The molecule has 148 valence electrons. The summed E-state index contributed by atoms with van der Waals surface area (Å²) in [5.74, 6) is 0.513. The zero-order chi connectivity index (χ0) is 19.3. The Hall–Kier alpha value is -2.67. The molecule has 2 aliphatic heterocycles. The van der Waals surface area contributed by atoms with Crippen molar-refractivity contribution in [2.45, 2.75) is 19.8 Å². The molecule has 0 aliphatic carbocycles. The first-order valence-corrected chi connectivity index (χ1v) is 10.2. The molecule has 1 amide bonds. The summed E-state index contributed by atoms with van der Waals surface area (Å²) in [6.45, 7) is 8.83. The Balaban J connectivity index is 1.34. The minimum Gasteiger partial charge on any atom is -0.372 e. The van der Waals surface area contributed by atoms with Crippen molar-refractivity contribution in [3.05, 3.63) is 42.2 Å². The van der Waals surface area contributed by atoms with Crippen LogP contribution in [0, 0.1) is 0 Å². The summed E-state index contributed by atoms with van der Waals surface area (Å²) >= 11 is 0. The first kappa shape index (κ1) is 18.7. The summed E-state index contributed by atoms with van der Waals surface area (Å²) in [6.07, 6.45) is 5.77. The van der Waals surface area contributed by atoms with E-state index in [0.717, 1.165) is 51.5 Å². The number of carbonyl (C=O) groups excluding carboxylic acids is 1. The number of likely N-dealkylation sites (N-methyl/N-ethyl adjacent to an activating group) is 1. The Morgan fingerprint density at radius 1 is 0.964 bits per heavy atom. The molecule has 0 radical (unpaired) electrons.